The molecule has 1 saturated heterocycles. The second-order valence-electron chi connectivity index (χ2n) is 7.44. The predicted molar refractivity (Wildman–Crippen MR) is 112 cm³/mol. The molecule has 3 N–H and O–H groups in total. The van der Waals surface area contributed by atoms with Gasteiger partial charge in [-0.05, 0) is 42.5 Å². The summed E-state index contributed by atoms with van der Waals surface area (Å²) in [5.41, 5.74) is 8.67. The molecule has 0 saturated carbocycles. The SMILES string of the molecule is CC[C@@H](C(=O)NCc1ccc(N2CCC[C@H](C(N)=O)C2)cc1)c1ccccc1. The van der Waals surface area contributed by atoms with Gasteiger partial charge in [-0.1, -0.05) is 49.4 Å². The van der Waals surface area contributed by atoms with Crippen LogP contribution in [0.15, 0.2) is 54.6 Å². The predicted octanol–water partition coefficient (Wildman–Crippen LogP) is 3.20. The molecule has 2 atom stereocenters. The van der Waals surface area contributed by atoms with E-state index in [1.807, 2.05) is 49.4 Å². The Hall–Kier alpha value is -2.82. The van der Waals surface area contributed by atoms with Gasteiger partial charge in [-0.3, -0.25) is 9.59 Å². The number of benzene rings is 2. The first-order valence-corrected chi connectivity index (χ1v) is 10.0. The van der Waals surface area contributed by atoms with E-state index in [1.165, 1.54) is 0 Å². The summed E-state index contributed by atoms with van der Waals surface area (Å²) in [5.74, 6) is -0.359. The Bertz CT molecular complexity index is 789. The molecule has 5 nitrogen and oxygen atoms in total. The van der Waals surface area contributed by atoms with Gasteiger partial charge in [-0.2, -0.15) is 0 Å². The van der Waals surface area contributed by atoms with E-state index in [1.54, 1.807) is 0 Å². The van der Waals surface area contributed by atoms with Gasteiger partial charge >= 0.3 is 0 Å². The monoisotopic (exact) mass is 379 g/mol. The van der Waals surface area contributed by atoms with Gasteiger partial charge in [0, 0.05) is 25.3 Å². The Morgan fingerprint density at radius 3 is 2.50 bits per heavy atom. The third kappa shape index (κ3) is 4.91. The summed E-state index contributed by atoms with van der Waals surface area (Å²) < 4.78 is 0. The summed E-state index contributed by atoms with van der Waals surface area (Å²) in [4.78, 5) is 26.3. The minimum absolute atomic E-state index is 0.0538. The average molecular weight is 380 g/mol. The van der Waals surface area contributed by atoms with Crippen LogP contribution in [0.1, 0.15) is 43.2 Å². The number of carbonyl (C=O) groups is 2. The summed E-state index contributed by atoms with van der Waals surface area (Å²) in [6, 6.07) is 18.1. The maximum atomic E-state index is 12.6. The lowest BCUT2D eigenvalue weighted by molar-refractivity contribution is -0.123. The number of hydrogen-bond donors (Lipinski definition) is 2. The molecule has 148 valence electrons. The van der Waals surface area contributed by atoms with Crippen LogP contribution >= 0.6 is 0 Å². The van der Waals surface area contributed by atoms with Gasteiger partial charge in [0.15, 0.2) is 0 Å². The number of nitrogens with one attached hydrogen (secondary N) is 1. The molecule has 2 aromatic carbocycles. The summed E-state index contributed by atoms with van der Waals surface area (Å²) in [6.07, 6.45) is 2.62. The van der Waals surface area contributed by atoms with Crippen molar-refractivity contribution in [1.82, 2.24) is 5.32 Å². The number of primary amides is 1. The summed E-state index contributed by atoms with van der Waals surface area (Å²) in [6.45, 7) is 4.16. The zero-order valence-electron chi connectivity index (χ0n) is 16.4. The lowest BCUT2D eigenvalue weighted by Gasteiger charge is -2.33. The highest BCUT2D eigenvalue weighted by Crippen LogP contribution is 2.24. The molecule has 0 aromatic heterocycles. The van der Waals surface area contributed by atoms with Crippen LogP contribution in [0.2, 0.25) is 0 Å². The van der Waals surface area contributed by atoms with Gasteiger partial charge in [0.1, 0.15) is 0 Å². The Morgan fingerprint density at radius 1 is 1.14 bits per heavy atom. The number of hydrogen-bond acceptors (Lipinski definition) is 3. The first-order chi connectivity index (χ1) is 13.6. The lowest BCUT2D eigenvalue weighted by atomic mass is 9.95. The van der Waals surface area contributed by atoms with E-state index in [0.29, 0.717) is 13.1 Å². The number of carbonyl (C=O) groups excluding carboxylic acids is 2. The molecular formula is C23H29N3O2. The largest absolute Gasteiger partial charge is 0.371 e. The number of nitrogens with two attached hydrogens (primary N) is 1. The first kappa shape index (κ1) is 19.9. The van der Waals surface area contributed by atoms with Crippen LogP contribution in [0.3, 0.4) is 0 Å². The summed E-state index contributed by atoms with van der Waals surface area (Å²) >= 11 is 0. The molecule has 0 unspecified atom stereocenters. The number of piperidine rings is 1. The van der Waals surface area contributed by atoms with Crippen molar-refractivity contribution in [3.63, 3.8) is 0 Å². The lowest BCUT2D eigenvalue weighted by Crippen LogP contribution is -2.41. The van der Waals surface area contributed by atoms with Crippen LogP contribution in [0.5, 0.6) is 0 Å². The molecule has 5 heteroatoms. The second-order valence-corrected chi connectivity index (χ2v) is 7.44. The van der Waals surface area contributed by atoms with Gasteiger partial charge in [-0.15, -0.1) is 0 Å². The number of nitrogens with zero attached hydrogens (tertiary/aromatic N) is 1. The van der Waals surface area contributed by atoms with Gasteiger partial charge in [0.25, 0.3) is 0 Å². The molecule has 28 heavy (non-hydrogen) atoms. The molecule has 0 radical (unpaired) electrons. The minimum Gasteiger partial charge on any atom is -0.371 e. The Balaban J connectivity index is 1.57. The van der Waals surface area contributed by atoms with Crippen LogP contribution in [0.4, 0.5) is 5.69 Å². The molecule has 2 amide bonds. The number of anilines is 1. The zero-order chi connectivity index (χ0) is 19.9. The van der Waals surface area contributed by atoms with Crippen molar-refractivity contribution in [3.8, 4) is 0 Å². The average Bonchev–Trinajstić information content (AvgIpc) is 2.74. The van der Waals surface area contributed by atoms with Gasteiger partial charge in [-0.25, -0.2) is 0 Å². The van der Waals surface area contributed by atoms with Crippen LogP contribution < -0.4 is 16.0 Å². The van der Waals surface area contributed by atoms with Crippen molar-refractivity contribution >= 4 is 17.5 Å². The van der Waals surface area contributed by atoms with E-state index in [4.69, 9.17) is 5.73 Å². The number of rotatable bonds is 7. The fraction of sp³-hybridized carbons (Fsp3) is 0.391. The van der Waals surface area contributed by atoms with Crippen LogP contribution in [0.25, 0.3) is 0 Å². The Kier molecular flexibility index (Phi) is 6.69. The van der Waals surface area contributed by atoms with Crippen LogP contribution in [0, 0.1) is 5.92 Å². The highest BCUT2D eigenvalue weighted by molar-refractivity contribution is 5.83. The fourth-order valence-electron chi connectivity index (χ4n) is 3.84. The third-order valence-corrected chi connectivity index (χ3v) is 5.52. The van der Waals surface area contributed by atoms with Crippen molar-refractivity contribution in [2.24, 2.45) is 11.7 Å². The van der Waals surface area contributed by atoms with Gasteiger partial charge < -0.3 is 16.0 Å². The van der Waals surface area contributed by atoms with E-state index in [-0.39, 0.29) is 23.7 Å². The third-order valence-electron chi connectivity index (χ3n) is 5.52. The molecule has 0 spiro atoms. The maximum Gasteiger partial charge on any atom is 0.227 e. The van der Waals surface area contributed by atoms with E-state index in [2.05, 4.69) is 22.3 Å². The van der Waals surface area contributed by atoms with Crippen LogP contribution in [-0.2, 0) is 16.1 Å². The van der Waals surface area contributed by atoms with Crippen molar-refractivity contribution in [1.29, 1.82) is 0 Å². The molecule has 1 aliphatic heterocycles. The topological polar surface area (TPSA) is 75.4 Å². The van der Waals surface area contributed by atoms with E-state index < -0.39 is 0 Å². The molecule has 0 bridgehead atoms. The van der Waals surface area contributed by atoms with E-state index in [9.17, 15) is 9.59 Å². The minimum atomic E-state index is -0.215. The smallest absolute Gasteiger partial charge is 0.227 e. The molecule has 2 aromatic rings. The van der Waals surface area contributed by atoms with Crippen molar-refractivity contribution in [2.75, 3.05) is 18.0 Å². The molecule has 1 aliphatic rings. The number of amides is 2. The highest BCUT2D eigenvalue weighted by atomic mass is 16.2. The fourth-order valence-corrected chi connectivity index (χ4v) is 3.84. The van der Waals surface area contributed by atoms with E-state index in [0.717, 1.165) is 42.6 Å². The maximum absolute atomic E-state index is 12.6. The Labute approximate surface area is 166 Å². The Morgan fingerprint density at radius 2 is 1.86 bits per heavy atom. The van der Waals surface area contributed by atoms with Crippen LogP contribution in [-0.4, -0.2) is 24.9 Å². The van der Waals surface area contributed by atoms with Crippen molar-refractivity contribution < 1.29 is 9.59 Å². The molecule has 0 aliphatic carbocycles. The van der Waals surface area contributed by atoms with E-state index >= 15 is 0 Å². The molecule has 1 fully saturated rings. The second kappa shape index (κ2) is 9.40. The molecule has 3 rings (SSSR count). The zero-order valence-corrected chi connectivity index (χ0v) is 16.4. The molecular weight excluding hydrogens is 350 g/mol. The normalized spacial score (nSPS) is 17.8. The van der Waals surface area contributed by atoms with Gasteiger partial charge in [0.05, 0.1) is 11.8 Å². The summed E-state index contributed by atoms with van der Waals surface area (Å²) in [5, 5.41) is 3.06. The van der Waals surface area contributed by atoms with Crippen molar-refractivity contribution in [3.05, 3.63) is 65.7 Å². The highest BCUT2D eigenvalue weighted by Gasteiger charge is 2.24. The van der Waals surface area contributed by atoms with Crippen molar-refractivity contribution in [2.45, 2.75) is 38.6 Å². The standard InChI is InChI=1S/C23H29N3O2/c1-2-21(18-7-4-3-5-8-18)23(28)25-15-17-10-12-20(13-11-17)26-14-6-9-19(16-26)22(24)27/h3-5,7-8,10-13,19,21H,2,6,9,14-16H2,1H3,(H2,24,27)(H,25,28)/t19-,21+/m0/s1. The van der Waals surface area contributed by atoms with Gasteiger partial charge in [0.2, 0.25) is 11.8 Å². The summed E-state index contributed by atoms with van der Waals surface area (Å²) in [7, 11) is 0. The first-order valence-electron chi connectivity index (χ1n) is 10.0. The molecule has 1 heterocycles. The quantitative estimate of drug-likeness (QED) is 0.776.